The number of halogens is 1. The van der Waals surface area contributed by atoms with Crippen molar-refractivity contribution in [2.45, 2.75) is 122 Å². The minimum atomic E-state index is -0.838. The summed E-state index contributed by atoms with van der Waals surface area (Å²) in [6.07, 6.45) is 8.02. The van der Waals surface area contributed by atoms with Gasteiger partial charge in [-0.15, -0.1) is 12.4 Å². The van der Waals surface area contributed by atoms with Crippen LogP contribution in [0.25, 0.3) is 0 Å². The second-order valence-corrected chi connectivity index (χ2v) is 11.1. The van der Waals surface area contributed by atoms with E-state index < -0.39 is 17.2 Å². The van der Waals surface area contributed by atoms with Crippen LogP contribution in [0.15, 0.2) is 0 Å². The Hall–Kier alpha value is -1.64. The number of carbonyl (C=O) groups excluding carboxylic acids is 2. The van der Waals surface area contributed by atoms with Crippen LogP contribution in [0.3, 0.4) is 0 Å². The molecule has 1 spiro atoms. The predicted molar refractivity (Wildman–Crippen MR) is 143 cm³/mol. The molecule has 1 aromatic heterocycles. The third-order valence-corrected chi connectivity index (χ3v) is 8.81. The quantitative estimate of drug-likeness (QED) is 0.544. The van der Waals surface area contributed by atoms with Crippen molar-refractivity contribution < 1.29 is 14.7 Å². The van der Waals surface area contributed by atoms with Crippen LogP contribution >= 0.6 is 12.4 Å². The van der Waals surface area contributed by atoms with Gasteiger partial charge in [-0.25, -0.2) is 0 Å². The fourth-order valence-electron chi connectivity index (χ4n) is 6.52. The molecule has 0 radical (unpaired) electrons. The summed E-state index contributed by atoms with van der Waals surface area (Å²) in [6.45, 7) is 12.3. The van der Waals surface area contributed by atoms with Gasteiger partial charge >= 0.3 is 0 Å². The van der Waals surface area contributed by atoms with Crippen molar-refractivity contribution in [2.75, 3.05) is 19.6 Å². The Labute approximate surface area is 222 Å². The smallest absolute Gasteiger partial charge is 0.246 e. The molecule has 0 aromatic carbocycles. The molecule has 2 N–H and O–H groups in total. The molecule has 2 aliphatic heterocycles. The number of rotatable bonds is 8. The maximum atomic E-state index is 13.7. The highest BCUT2D eigenvalue weighted by Gasteiger charge is 2.54. The number of hydrogen-bond donors (Lipinski definition) is 2. The number of piperazine rings is 1. The molecular formula is C27H46ClN5O3. The lowest BCUT2D eigenvalue weighted by atomic mass is 9.77. The van der Waals surface area contributed by atoms with Crippen molar-refractivity contribution in [3.05, 3.63) is 17.0 Å². The maximum absolute atomic E-state index is 13.7. The van der Waals surface area contributed by atoms with E-state index in [1.807, 2.05) is 4.90 Å². The Morgan fingerprint density at radius 1 is 1.06 bits per heavy atom. The first-order chi connectivity index (χ1) is 16.7. The van der Waals surface area contributed by atoms with Crippen LogP contribution in [0.4, 0.5) is 0 Å². The Balaban J connectivity index is 0.00000361. The van der Waals surface area contributed by atoms with E-state index in [-0.39, 0.29) is 24.2 Å². The number of piperidine rings is 1. The number of nitrogens with zero attached hydrogens (tertiary/aromatic N) is 4. The van der Waals surface area contributed by atoms with Crippen molar-refractivity contribution >= 4 is 24.2 Å². The zero-order valence-corrected chi connectivity index (χ0v) is 23.5. The molecule has 1 aliphatic carbocycles. The molecule has 3 aliphatic rings. The van der Waals surface area contributed by atoms with Gasteiger partial charge in [0.1, 0.15) is 11.6 Å². The monoisotopic (exact) mass is 523 g/mol. The fourth-order valence-corrected chi connectivity index (χ4v) is 6.52. The molecule has 0 unspecified atom stereocenters. The highest BCUT2D eigenvalue weighted by Crippen LogP contribution is 2.37. The summed E-state index contributed by atoms with van der Waals surface area (Å²) in [5, 5.41) is 18.8. The largest absolute Gasteiger partial charge is 0.390 e. The van der Waals surface area contributed by atoms with E-state index in [0.29, 0.717) is 25.8 Å². The standard InChI is InChI=1S/C27H45N5O3.ClH/c1-5-7-15-31-24(33)23(18-26(35)11-9-8-10-12-26)28-25(34)27(31)13-16-30(17-14-27)19-22-20(3)29-32(6-2)21(22)4;/h23,35H,5-19H2,1-4H3,(H,28,34);1H/t23-;/m1./s1. The predicted octanol–water partition coefficient (Wildman–Crippen LogP) is 3.49. The van der Waals surface area contributed by atoms with Gasteiger partial charge in [0, 0.05) is 50.4 Å². The van der Waals surface area contributed by atoms with Crippen LogP contribution < -0.4 is 5.32 Å². The first-order valence-electron chi connectivity index (χ1n) is 13.8. The lowest BCUT2D eigenvalue weighted by Crippen LogP contribution is -2.73. The molecule has 2 amide bonds. The van der Waals surface area contributed by atoms with E-state index >= 15 is 0 Å². The van der Waals surface area contributed by atoms with E-state index in [9.17, 15) is 14.7 Å². The van der Waals surface area contributed by atoms with Crippen molar-refractivity contribution in [3.8, 4) is 0 Å². The summed E-state index contributed by atoms with van der Waals surface area (Å²) in [5.41, 5.74) is 1.95. The molecule has 3 fully saturated rings. The summed E-state index contributed by atoms with van der Waals surface area (Å²) < 4.78 is 2.05. The van der Waals surface area contributed by atoms with E-state index in [1.165, 1.54) is 11.3 Å². The Morgan fingerprint density at radius 3 is 2.31 bits per heavy atom. The van der Waals surface area contributed by atoms with Crippen LogP contribution in [0.1, 0.15) is 95.0 Å². The van der Waals surface area contributed by atoms with Crippen LogP contribution in [0, 0.1) is 13.8 Å². The summed E-state index contributed by atoms with van der Waals surface area (Å²) in [4.78, 5) is 31.7. The average Bonchev–Trinajstić information content (AvgIpc) is 3.11. The molecule has 204 valence electrons. The van der Waals surface area contributed by atoms with Crippen molar-refractivity contribution in [3.63, 3.8) is 0 Å². The number of likely N-dealkylation sites (tertiary alicyclic amines) is 1. The summed E-state index contributed by atoms with van der Waals surface area (Å²) in [7, 11) is 0. The van der Waals surface area contributed by atoms with Gasteiger partial charge in [-0.3, -0.25) is 19.2 Å². The molecule has 9 heteroatoms. The molecule has 1 atom stereocenters. The van der Waals surface area contributed by atoms with Crippen LogP contribution in [-0.2, 0) is 22.7 Å². The van der Waals surface area contributed by atoms with Gasteiger partial charge in [-0.1, -0.05) is 32.6 Å². The van der Waals surface area contributed by atoms with Gasteiger partial charge in [0.25, 0.3) is 0 Å². The number of unbranched alkanes of at least 4 members (excludes halogenated alkanes) is 1. The number of nitrogens with one attached hydrogen (secondary N) is 1. The van der Waals surface area contributed by atoms with Crippen molar-refractivity contribution in [1.29, 1.82) is 0 Å². The van der Waals surface area contributed by atoms with Crippen LogP contribution in [-0.4, -0.2) is 73.3 Å². The topological polar surface area (TPSA) is 90.7 Å². The van der Waals surface area contributed by atoms with E-state index in [4.69, 9.17) is 0 Å². The lowest BCUT2D eigenvalue weighted by molar-refractivity contribution is -0.163. The highest BCUT2D eigenvalue weighted by atomic mass is 35.5. The second-order valence-electron chi connectivity index (χ2n) is 11.1. The molecule has 4 rings (SSSR count). The normalized spacial score (nSPS) is 24.0. The number of carbonyl (C=O) groups is 2. The third kappa shape index (κ3) is 5.60. The lowest BCUT2D eigenvalue weighted by Gasteiger charge is -2.52. The van der Waals surface area contributed by atoms with Gasteiger partial charge in [0.05, 0.1) is 11.3 Å². The molecule has 2 saturated heterocycles. The average molecular weight is 524 g/mol. The SMILES string of the molecule is CCCCN1C(=O)[C@@H](CC2(O)CCCCC2)NC(=O)C12CCN(Cc1c(C)nn(CC)c1C)CC2.Cl. The third-order valence-electron chi connectivity index (χ3n) is 8.81. The van der Waals surface area contributed by atoms with Crippen molar-refractivity contribution in [2.24, 2.45) is 0 Å². The maximum Gasteiger partial charge on any atom is 0.246 e. The molecule has 1 aromatic rings. The van der Waals surface area contributed by atoms with Crippen molar-refractivity contribution in [1.82, 2.24) is 24.9 Å². The molecule has 3 heterocycles. The minimum Gasteiger partial charge on any atom is -0.390 e. The Kier molecular flexibility index (Phi) is 9.50. The van der Waals surface area contributed by atoms with Gasteiger partial charge in [0.15, 0.2) is 0 Å². The molecule has 0 bridgehead atoms. The van der Waals surface area contributed by atoms with Gasteiger partial charge in [-0.05, 0) is 52.9 Å². The van der Waals surface area contributed by atoms with E-state index in [0.717, 1.165) is 76.8 Å². The zero-order chi connectivity index (χ0) is 25.2. The van der Waals surface area contributed by atoms with Crippen LogP contribution in [0.2, 0.25) is 0 Å². The number of aryl methyl sites for hydroxylation is 2. The minimum absolute atomic E-state index is 0. The van der Waals surface area contributed by atoms with E-state index in [2.05, 4.69) is 47.7 Å². The van der Waals surface area contributed by atoms with Gasteiger partial charge in [-0.2, -0.15) is 5.10 Å². The number of aromatic nitrogens is 2. The first-order valence-corrected chi connectivity index (χ1v) is 13.8. The summed E-state index contributed by atoms with van der Waals surface area (Å²) in [5.74, 6) is -0.0233. The van der Waals surface area contributed by atoms with Gasteiger partial charge in [0.2, 0.25) is 11.8 Å². The number of amides is 2. The zero-order valence-electron chi connectivity index (χ0n) is 22.6. The molecule has 1 saturated carbocycles. The highest BCUT2D eigenvalue weighted by molar-refractivity contribution is 6.00. The molecular weight excluding hydrogens is 478 g/mol. The first kappa shape index (κ1) is 28.9. The Morgan fingerprint density at radius 2 is 1.72 bits per heavy atom. The number of hydrogen-bond acceptors (Lipinski definition) is 5. The fraction of sp³-hybridized carbons (Fsp3) is 0.815. The molecule has 8 nitrogen and oxygen atoms in total. The van der Waals surface area contributed by atoms with Crippen LogP contribution in [0.5, 0.6) is 0 Å². The summed E-state index contributed by atoms with van der Waals surface area (Å²) >= 11 is 0. The van der Waals surface area contributed by atoms with Gasteiger partial charge < -0.3 is 15.3 Å². The Bertz CT molecular complexity index is 919. The summed E-state index contributed by atoms with van der Waals surface area (Å²) in [6, 6.07) is -0.615. The number of aliphatic hydroxyl groups is 1. The second kappa shape index (κ2) is 11.8. The van der Waals surface area contributed by atoms with E-state index in [1.54, 1.807) is 0 Å². The molecule has 36 heavy (non-hydrogen) atoms.